The number of hydrogen-bond donors (Lipinski definition) is 13. The Morgan fingerprint density at radius 1 is 0.410 bits per heavy atom. The van der Waals surface area contributed by atoms with Crippen LogP contribution in [0.3, 0.4) is 0 Å². The molecule has 1 aliphatic heterocycles. The lowest BCUT2D eigenvalue weighted by atomic mass is 10.0. The lowest BCUT2D eigenvalue weighted by molar-refractivity contribution is -0.140. The Bertz CT molecular complexity index is 1510. The van der Waals surface area contributed by atoms with Crippen LogP contribution in [0.25, 0.3) is 0 Å². The van der Waals surface area contributed by atoms with Crippen LogP contribution >= 0.6 is 0 Å². The number of carbonyl (C=O) groups excluding carboxylic acids is 14. The first kappa shape index (κ1) is 193. The van der Waals surface area contributed by atoms with Gasteiger partial charge in [0, 0.05) is 39.6 Å². The molecule has 105 heavy (non-hydrogen) atoms. The molecular weight excluding hydrogens is 1350 g/mol. The summed E-state index contributed by atoms with van der Waals surface area (Å²) < 4.78 is 0. The number of aryl methyl sites for hydroxylation is 2. The third-order valence-corrected chi connectivity index (χ3v) is 8.25. The number of piperidine rings is 1. The first-order valence-electron chi connectivity index (χ1n) is 32.8. The van der Waals surface area contributed by atoms with E-state index in [9.17, 15) is 14.4 Å². The standard InChI is InChI=1S/C20H29N3O3.2C8H10.C5H12.C4H10.C3H8O.5C2H6.7CH5N.11CH2O.4H3N/c1-15(20(26)23-12-8-5-9-13-23)21-19(25)18(22(3)16(2)24)14-17-10-6-4-7-11-17;2*1-2-8-6-4-3-5-7-8;1-4-5(2)3;1-4(2)3;1-3(2)4;23*1-2;;;;/h4,6-7,10-11,15,18H,5,8-9,12-14H2,1-3H3,(H,21,25);2*3-7H,2H2,1H3;5H,4H2,1-3H3;4H,1-3H3;3-4H,1-2H3;5*1-2H3;7*2H2,1H3;11*1H2;4*1H3/t15-,18-;;;;;;;;;;;;;;;;;;;;;;;;;;;;;;;;/m0................................/s1. The van der Waals surface area contributed by atoms with E-state index < -0.39 is 12.1 Å². The van der Waals surface area contributed by atoms with Gasteiger partial charge in [0.25, 0.3) is 0 Å². The minimum Gasteiger partial charge on any atom is -0.394 e. The summed E-state index contributed by atoms with van der Waals surface area (Å²) >= 11 is 0. The molecule has 0 aromatic heterocycles. The van der Waals surface area contributed by atoms with Crippen molar-refractivity contribution >= 4 is 92.4 Å². The molecule has 1 fully saturated rings. The number of likely N-dealkylation sites (tertiary alicyclic amines) is 1. The van der Waals surface area contributed by atoms with E-state index in [2.05, 4.69) is 149 Å². The number of carbonyl (C=O) groups is 14. The highest BCUT2D eigenvalue weighted by Gasteiger charge is 2.29. The van der Waals surface area contributed by atoms with Crippen molar-refractivity contribution in [3.63, 3.8) is 0 Å². The summed E-state index contributed by atoms with van der Waals surface area (Å²) in [5.74, 6) is 1.18. The van der Waals surface area contributed by atoms with Crippen LogP contribution in [0.15, 0.2) is 91.0 Å². The van der Waals surface area contributed by atoms with E-state index in [0.717, 1.165) is 62.6 Å². The number of nitrogens with one attached hydrogen (secondary N) is 1. The van der Waals surface area contributed by atoms with Gasteiger partial charge in [0.2, 0.25) is 17.7 Å². The molecule has 0 radical (unpaired) electrons. The molecule has 3 amide bonds. The topological polar surface area (TPSA) is 600 Å². The monoisotopic (exact) mass is 1530 g/mol. The lowest BCUT2D eigenvalue weighted by Crippen LogP contribution is -2.54. The smallest absolute Gasteiger partial charge is 0.244 e. The first-order chi connectivity index (χ1) is 49.0. The molecule has 29 heteroatoms. The highest BCUT2D eigenvalue weighted by atomic mass is 16.3. The Morgan fingerprint density at radius 3 is 0.743 bits per heavy atom. The largest absolute Gasteiger partial charge is 0.394 e. The number of benzene rings is 3. The van der Waals surface area contributed by atoms with Crippen LogP contribution in [0.4, 0.5) is 0 Å². The molecule has 2 atom stereocenters. The third kappa shape index (κ3) is 252. The van der Waals surface area contributed by atoms with E-state index in [-0.39, 0.29) is 48.4 Å². The zero-order valence-electron chi connectivity index (χ0n) is 73.1. The molecule has 1 saturated heterocycles. The van der Waals surface area contributed by atoms with E-state index in [1.54, 1.807) is 27.8 Å². The summed E-state index contributed by atoms with van der Waals surface area (Å²) in [7, 11) is 12.1. The van der Waals surface area contributed by atoms with Crippen LogP contribution in [-0.4, -0.2) is 195 Å². The average Bonchev–Trinajstić information content (AvgIpc) is 0.866. The van der Waals surface area contributed by atoms with Crippen molar-refractivity contribution in [3.8, 4) is 0 Å². The van der Waals surface area contributed by atoms with Crippen LogP contribution in [0.2, 0.25) is 0 Å². The van der Waals surface area contributed by atoms with E-state index in [1.807, 2.05) is 191 Å². The van der Waals surface area contributed by atoms with Crippen LogP contribution < -0.4 is 70.1 Å². The van der Waals surface area contributed by atoms with Crippen molar-refractivity contribution in [1.29, 1.82) is 0 Å². The van der Waals surface area contributed by atoms with Gasteiger partial charge in [-0.1, -0.05) is 222 Å². The second-order valence-corrected chi connectivity index (χ2v) is 15.3. The Morgan fingerprint density at radius 2 is 0.590 bits per heavy atom. The quantitative estimate of drug-likeness (QED) is 0.0946. The summed E-state index contributed by atoms with van der Waals surface area (Å²) in [6.45, 7) is 67.6. The summed E-state index contributed by atoms with van der Waals surface area (Å²) in [6, 6.07) is 29.2. The molecule has 1 aliphatic rings. The third-order valence-electron chi connectivity index (χ3n) is 8.25. The van der Waals surface area contributed by atoms with Gasteiger partial charge in [0.15, 0.2) is 0 Å². The Hall–Kier alpha value is -8.04. The van der Waals surface area contributed by atoms with Gasteiger partial charge < -0.3 is 138 Å². The van der Waals surface area contributed by atoms with E-state index >= 15 is 0 Å². The molecule has 28 N–H and O–H groups in total. The maximum absolute atomic E-state index is 12.8. The Balaban J connectivity index is -0.0000000233. The van der Waals surface area contributed by atoms with Crippen molar-refractivity contribution in [2.24, 2.45) is 52.0 Å². The number of aliphatic hydroxyl groups excluding tert-OH is 1. The van der Waals surface area contributed by atoms with E-state index in [4.69, 9.17) is 57.8 Å². The number of nitrogens with zero attached hydrogens (tertiary/aromatic N) is 2. The number of aliphatic hydroxyl groups is 1. The fraction of sp³-hybridized carbons (Fsp3) is 0.579. The molecule has 0 aliphatic carbocycles. The van der Waals surface area contributed by atoms with Crippen molar-refractivity contribution in [2.75, 3.05) is 69.5 Å². The maximum Gasteiger partial charge on any atom is 0.244 e. The van der Waals surface area contributed by atoms with Crippen molar-refractivity contribution in [2.45, 2.75) is 215 Å². The van der Waals surface area contributed by atoms with Crippen LogP contribution in [0.1, 0.15) is 195 Å². The van der Waals surface area contributed by atoms with Crippen molar-refractivity contribution in [3.05, 3.63) is 108 Å². The molecule has 0 spiro atoms. The predicted octanol–water partition coefficient (Wildman–Crippen LogP) is 11.0. The molecule has 4 rings (SSSR count). The van der Waals surface area contributed by atoms with E-state index in [1.165, 1.54) is 78.7 Å². The summed E-state index contributed by atoms with van der Waals surface area (Å²) in [5, 5.41) is 10.9. The van der Waals surface area contributed by atoms with Crippen molar-refractivity contribution in [1.82, 2.24) is 39.7 Å². The second kappa shape index (κ2) is 276. The van der Waals surface area contributed by atoms with Crippen LogP contribution in [0, 0.1) is 11.8 Å². The molecule has 0 unspecified atom stereocenters. The van der Waals surface area contributed by atoms with Gasteiger partial charge in [-0.05, 0) is 131 Å². The number of rotatable bonds is 9. The second-order valence-electron chi connectivity index (χ2n) is 15.3. The normalized spacial score (nSPS) is 7.72. The molecule has 0 saturated carbocycles. The lowest BCUT2D eigenvalue weighted by Gasteiger charge is -2.31. The average molecular weight is 1530 g/mol. The van der Waals surface area contributed by atoms with Gasteiger partial charge in [0.05, 0.1) is 0 Å². The van der Waals surface area contributed by atoms with Gasteiger partial charge in [0.1, 0.15) is 86.8 Å². The number of likely N-dealkylation sites (N-methyl/N-ethyl adjacent to an activating group) is 1. The molecule has 29 nitrogen and oxygen atoms in total. The Kier molecular flexibility index (Phi) is 509. The van der Waals surface area contributed by atoms with E-state index in [0.29, 0.717) is 6.42 Å². The molecule has 1 heterocycles. The van der Waals surface area contributed by atoms with Gasteiger partial charge in [-0.3, -0.25) is 14.4 Å². The number of hydrogen-bond acceptors (Lipinski definition) is 26. The van der Waals surface area contributed by atoms with Crippen LogP contribution in [-0.2, 0) is 86.4 Å². The first-order valence-corrected chi connectivity index (χ1v) is 32.8. The molecule has 3 aromatic carbocycles. The molecule has 0 bridgehead atoms. The number of nitrogens with two attached hydrogens (primary N) is 7. The van der Waals surface area contributed by atoms with Gasteiger partial charge in [-0.2, -0.15) is 0 Å². The molecule has 3 aromatic rings. The SMILES string of the molecule is C=O.C=O.C=O.C=O.C=O.C=O.C=O.C=O.C=O.C=O.C=O.CC.CC.CC.CC.CC.CC(=O)N(C)[C@@H](Cc1ccccc1)C(=O)N[C@@H](C)C(=O)N1CCCCC1.CC(C)C.CC(C)O.CCC(C)C.CCc1ccccc1.CCc1ccccc1.CN.CN.CN.CN.CN.CN.CN.N.N.N.N. The van der Waals surface area contributed by atoms with Gasteiger partial charge in [-0.25, -0.2) is 0 Å². The summed E-state index contributed by atoms with van der Waals surface area (Å²) in [4.78, 5) is 128. The van der Waals surface area contributed by atoms with Crippen molar-refractivity contribution < 1.29 is 72.2 Å². The Labute approximate surface area is 646 Å². The maximum atomic E-state index is 12.8. The molecular formula is C76H178N14O15. The van der Waals surface area contributed by atoms with Gasteiger partial charge >= 0.3 is 0 Å². The predicted molar refractivity (Wildman–Crippen MR) is 461 cm³/mol. The fourth-order valence-corrected chi connectivity index (χ4v) is 4.65. The highest BCUT2D eigenvalue weighted by molar-refractivity contribution is 5.91. The minimum absolute atomic E-state index is 0. The summed E-state index contributed by atoms with van der Waals surface area (Å²) in [5.41, 5.74) is 35.3. The minimum atomic E-state index is -0.647. The van der Waals surface area contributed by atoms with Crippen LogP contribution in [0.5, 0.6) is 0 Å². The highest BCUT2D eigenvalue weighted by Crippen LogP contribution is 2.12. The summed E-state index contributed by atoms with van der Waals surface area (Å²) in [6.07, 6.45) is 6.99. The number of amides is 3. The zero-order valence-corrected chi connectivity index (χ0v) is 73.1. The fourth-order valence-electron chi connectivity index (χ4n) is 4.65. The molecule has 642 valence electrons. The van der Waals surface area contributed by atoms with Gasteiger partial charge in [-0.15, -0.1) is 0 Å². The zero-order chi connectivity index (χ0) is 88.2.